The number of likely N-dealkylation sites (tertiary alicyclic amines) is 1. The molecular formula is C19H23N3O3S. The molecule has 138 valence electrons. The van der Waals surface area contributed by atoms with E-state index in [1.54, 1.807) is 30.5 Å². The van der Waals surface area contributed by atoms with Crippen LogP contribution in [0, 0.1) is 11.8 Å². The lowest BCUT2D eigenvalue weighted by molar-refractivity contribution is 0.0942. The van der Waals surface area contributed by atoms with Crippen molar-refractivity contribution in [3.63, 3.8) is 0 Å². The Hall–Kier alpha value is -1.80. The molecule has 3 atom stereocenters. The lowest BCUT2D eigenvalue weighted by Gasteiger charge is -2.20. The van der Waals surface area contributed by atoms with Crippen LogP contribution in [0.25, 0.3) is 0 Å². The molecule has 2 aliphatic heterocycles. The molecular weight excluding hydrogens is 350 g/mol. The molecule has 0 saturated carbocycles. The van der Waals surface area contributed by atoms with Crippen LogP contribution in [0.1, 0.15) is 5.56 Å². The fraction of sp³-hybridized carbons (Fsp3) is 0.421. The second kappa shape index (κ2) is 7.44. The number of benzene rings is 1. The fourth-order valence-corrected chi connectivity index (χ4v) is 4.98. The second-order valence-corrected chi connectivity index (χ2v) is 8.78. The normalized spacial score (nSPS) is 26.1. The molecule has 3 heterocycles. The van der Waals surface area contributed by atoms with E-state index in [4.69, 9.17) is 4.74 Å². The summed E-state index contributed by atoms with van der Waals surface area (Å²) in [6.07, 6.45) is 3.86. The molecule has 6 nitrogen and oxygen atoms in total. The summed E-state index contributed by atoms with van der Waals surface area (Å²) in [4.78, 5) is 6.84. The van der Waals surface area contributed by atoms with Crippen LogP contribution in [0.4, 0.5) is 0 Å². The molecule has 1 aromatic heterocycles. The molecule has 0 amide bonds. The zero-order valence-electron chi connectivity index (χ0n) is 14.5. The average Bonchev–Trinajstić information content (AvgIpc) is 3.22. The van der Waals surface area contributed by atoms with Crippen molar-refractivity contribution in [3.05, 3.63) is 60.4 Å². The van der Waals surface area contributed by atoms with Gasteiger partial charge in [0.15, 0.2) is 0 Å². The van der Waals surface area contributed by atoms with Gasteiger partial charge in [-0.05, 0) is 23.8 Å². The van der Waals surface area contributed by atoms with Gasteiger partial charge < -0.3 is 4.74 Å². The number of nitrogens with one attached hydrogen (secondary N) is 1. The summed E-state index contributed by atoms with van der Waals surface area (Å²) in [6.45, 7) is 3.71. The topological polar surface area (TPSA) is 71.5 Å². The van der Waals surface area contributed by atoms with E-state index in [9.17, 15) is 8.42 Å². The van der Waals surface area contributed by atoms with Gasteiger partial charge in [0.1, 0.15) is 0 Å². The third kappa shape index (κ3) is 3.81. The van der Waals surface area contributed by atoms with Crippen molar-refractivity contribution in [2.45, 2.75) is 17.5 Å². The Morgan fingerprint density at radius 2 is 2.00 bits per heavy atom. The minimum atomic E-state index is -3.47. The van der Waals surface area contributed by atoms with Gasteiger partial charge in [-0.25, -0.2) is 13.1 Å². The van der Waals surface area contributed by atoms with Crippen molar-refractivity contribution >= 4 is 10.0 Å². The molecule has 1 N–H and O–H groups in total. The maximum Gasteiger partial charge on any atom is 0.240 e. The Morgan fingerprint density at radius 1 is 1.15 bits per heavy atom. The summed E-state index contributed by atoms with van der Waals surface area (Å²) in [6, 6.07) is 12.5. The molecule has 0 radical (unpaired) electrons. The molecule has 0 aliphatic carbocycles. The smallest absolute Gasteiger partial charge is 0.240 e. The maximum absolute atomic E-state index is 12.4. The molecule has 2 fully saturated rings. The summed E-state index contributed by atoms with van der Waals surface area (Å²) in [5, 5.41) is 0. The SMILES string of the molecule is O=S(=O)(NC[C@H]1CO[C@@H]2CN(Cc3cccnc3)C[C@H]12)c1ccccc1. The van der Waals surface area contributed by atoms with Gasteiger partial charge in [0, 0.05) is 50.4 Å². The summed E-state index contributed by atoms with van der Waals surface area (Å²) in [5.74, 6) is 0.572. The number of hydrogen-bond donors (Lipinski definition) is 1. The van der Waals surface area contributed by atoms with Gasteiger partial charge in [0.25, 0.3) is 0 Å². The minimum Gasteiger partial charge on any atom is -0.376 e. The highest BCUT2D eigenvalue weighted by Gasteiger charge is 2.43. The molecule has 4 rings (SSSR count). The Kier molecular flexibility index (Phi) is 5.04. The number of pyridine rings is 1. The largest absolute Gasteiger partial charge is 0.376 e. The molecule has 0 spiro atoms. The van der Waals surface area contributed by atoms with E-state index in [-0.39, 0.29) is 12.0 Å². The quantitative estimate of drug-likeness (QED) is 0.831. The van der Waals surface area contributed by atoms with E-state index < -0.39 is 10.0 Å². The monoisotopic (exact) mass is 373 g/mol. The first kappa shape index (κ1) is 17.6. The van der Waals surface area contributed by atoms with Crippen LogP contribution in [-0.2, 0) is 21.3 Å². The van der Waals surface area contributed by atoms with Gasteiger partial charge in [0.05, 0.1) is 17.6 Å². The van der Waals surface area contributed by atoms with Crippen LogP contribution in [0.15, 0.2) is 59.8 Å². The Bertz CT molecular complexity index is 830. The van der Waals surface area contributed by atoms with Gasteiger partial charge in [0.2, 0.25) is 10.0 Å². The van der Waals surface area contributed by atoms with E-state index in [0.717, 1.165) is 19.6 Å². The lowest BCUT2D eigenvalue weighted by Crippen LogP contribution is -2.34. The lowest BCUT2D eigenvalue weighted by atomic mass is 9.93. The molecule has 0 unspecified atom stereocenters. The van der Waals surface area contributed by atoms with E-state index in [2.05, 4.69) is 20.7 Å². The first-order chi connectivity index (χ1) is 12.6. The second-order valence-electron chi connectivity index (χ2n) is 7.02. The molecule has 0 bridgehead atoms. The molecule has 7 heteroatoms. The highest BCUT2D eigenvalue weighted by molar-refractivity contribution is 7.89. The van der Waals surface area contributed by atoms with E-state index >= 15 is 0 Å². The number of ether oxygens (including phenoxy) is 1. The fourth-order valence-electron chi connectivity index (χ4n) is 3.87. The third-order valence-electron chi connectivity index (χ3n) is 5.23. The standard InChI is InChI=1S/C19H23N3O3S/c23-26(24,17-6-2-1-3-7-17)21-10-16-14-25-19-13-22(12-18(16)19)11-15-5-4-8-20-9-15/h1-9,16,18-19,21H,10-14H2/t16-,18+,19+/m0/s1. The van der Waals surface area contributed by atoms with E-state index in [1.807, 2.05) is 18.3 Å². The first-order valence-corrected chi connectivity index (χ1v) is 10.4. The average molecular weight is 373 g/mol. The van der Waals surface area contributed by atoms with Crippen LogP contribution < -0.4 is 4.72 Å². The molecule has 26 heavy (non-hydrogen) atoms. The summed E-state index contributed by atoms with van der Waals surface area (Å²) >= 11 is 0. The van der Waals surface area contributed by atoms with Crippen LogP contribution in [0.3, 0.4) is 0 Å². The number of aromatic nitrogens is 1. The highest BCUT2D eigenvalue weighted by atomic mass is 32.2. The van der Waals surface area contributed by atoms with Crippen molar-refractivity contribution in [2.24, 2.45) is 11.8 Å². The van der Waals surface area contributed by atoms with Gasteiger partial charge >= 0.3 is 0 Å². The van der Waals surface area contributed by atoms with Gasteiger partial charge in [-0.15, -0.1) is 0 Å². The van der Waals surface area contributed by atoms with Crippen LogP contribution in [0.2, 0.25) is 0 Å². The van der Waals surface area contributed by atoms with Gasteiger partial charge in [-0.2, -0.15) is 0 Å². The van der Waals surface area contributed by atoms with Crippen LogP contribution in [0.5, 0.6) is 0 Å². The summed E-state index contributed by atoms with van der Waals surface area (Å²) in [7, 11) is -3.47. The zero-order valence-corrected chi connectivity index (χ0v) is 15.3. The molecule has 2 saturated heterocycles. The van der Waals surface area contributed by atoms with Crippen LogP contribution in [-0.4, -0.2) is 50.6 Å². The highest BCUT2D eigenvalue weighted by Crippen LogP contribution is 2.34. The minimum absolute atomic E-state index is 0.193. The van der Waals surface area contributed by atoms with E-state index in [0.29, 0.717) is 24.0 Å². The van der Waals surface area contributed by atoms with Crippen molar-refractivity contribution in [1.29, 1.82) is 0 Å². The van der Waals surface area contributed by atoms with E-state index in [1.165, 1.54) is 5.56 Å². The van der Waals surface area contributed by atoms with Gasteiger partial charge in [-0.1, -0.05) is 24.3 Å². The predicted octanol–water partition coefficient (Wildman–Crippen LogP) is 1.51. The van der Waals surface area contributed by atoms with Crippen molar-refractivity contribution in [1.82, 2.24) is 14.6 Å². The number of nitrogens with zero attached hydrogens (tertiary/aromatic N) is 2. The van der Waals surface area contributed by atoms with Crippen LogP contribution >= 0.6 is 0 Å². The maximum atomic E-state index is 12.4. The number of rotatable bonds is 6. The molecule has 1 aromatic carbocycles. The van der Waals surface area contributed by atoms with Crippen molar-refractivity contribution in [3.8, 4) is 0 Å². The van der Waals surface area contributed by atoms with Crippen molar-refractivity contribution < 1.29 is 13.2 Å². The number of fused-ring (bicyclic) bond motifs is 1. The predicted molar refractivity (Wildman–Crippen MR) is 97.9 cm³/mol. The summed E-state index contributed by atoms with van der Waals surface area (Å²) < 4.78 is 33.5. The van der Waals surface area contributed by atoms with Gasteiger partial charge in [-0.3, -0.25) is 9.88 Å². The van der Waals surface area contributed by atoms with Crippen molar-refractivity contribution in [2.75, 3.05) is 26.2 Å². The Morgan fingerprint density at radius 3 is 2.77 bits per heavy atom. The number of sulfonamides is 1. The number of hydrogen-bond acceptors (Lipinski definition) is 5. The Labute approximate surface area is 154 Å². The third-order valence-corrected chi connectivity index (χ3v) is 6.67. The first-order valence-electron chi connectivity index (χ1n) is 8.89. The molecule has 2 aromatic rings. The summed E-state index contributed by atoms with van der Waals surface area (Å²) in [5.41, 5.74) is 1.19. The zero-order chi connectivity index (χ0) is 18.0. The Balaban J connectivity index is 1.35. The molecule has 2 aliphatic rings.